The highest BCUT2D eigenvalue weighted by Crippen LogP contribution is 2.25. The highest BCUT2D eigenvalue weighted by Gasteiger charge is 2.06. The fourth-order valence-corrected chi connectivity index (χ4v) is 3.19. The van der Waals surface area contributed by atoms with Crippen molar-refractivity contribution in [3.8, 4) is 0 Å². The number of carbonyl (C=O) groups is 1. The Morgan fingerprint density at radius 2 is 1.87 bits per heavy atom. The first-order valence-corrected chi connectivity index (χ1v) is 8.56. The normalized spacial score (nSPS) is 10.7. The molecule has 0 aliphatic rings. The fraction of sp³-hybridized carbons (Fsp3) is 0.111. The van der Waals surface area contributed by atoms with Gasteiger partial charge >= 0.3 is 0 Å². The Labute approximate surface area is 144 Å². The van der Waals surface area contributed by atoms with Crippen LogP contribution >= 0.6 is 23.4 Å². The number of rotatable bonds is 5. The Kier molecular flexibility index (Phi) is 5.16. The van der Waals surface area contributed by atoms with Crippen molar-refractivity contribution < 1.29 is 4.79 Å². The molecule has 0 saturated carbocycles. The first kappa shape index (κ1) is 15.8. The molecule has 0 atom stereocenters. The second-order valence-corrected chi connectivity index (χ2v) is 6.48. The summed E-state index contributed by atoms with van der Waals surface area (Å²) in [6.45, 7) is 0.504. The minimum atomic E-state index is -0.00196. The Balaban J connectivity index is 1.57. The summed E-state index contributed by atoms with van der Waals surface area (Å²) in [4.78, 5) is 17.4. The lowest BCUT2D eigenvalue weighted by molar-refractivity contribution is -0.118. The van der Waals surface area contributed by atoms with Gasteiger partial charge in [0.1, 0.15) is 0 Å². The molecule has 0 bridgehead atoms. The quantitative estimate of drug-likeness (QED) is 0.703. The van der Waals surface area contributed by atoms with Crippen molar-refractivity contribution >= 4 is 40.2 Å². The summed E-state index contributed by atoms with van der Waals surface area (Å²) in [6, 6.07) is 17.4. The molecule has 0 unspecified atom stereocenters. The number of benzene rings is 2. The molecule has 0 aliphatic heterocycles. The lowest BCUT2D eigenvalue weighted by atomic mass is 10.2. The van der Waals surface area contributed by atoms with E-state index in [0.29, 0.717) is 17.3 Å². The van der Waals surface area contributed by atoms with Crippen molar-refractivity contribution in [2.24, 2.45) is 0 Å². The van der Waals surface area contributed by atoms with E-state index < -0.39 is 0 Å². The van der Waals surface area contributed by atoms with Gasteiger partial charge < -0.3 is 5.32 Å². The molecule has 0 spiro atoms. The second-order valence-electron chi connectivity index (χ2n) is 5.02. The second kappa shape index (κ2) is 7.49. The van der Waals surface area contributed by atoms with Gasteiger partial charge in [-0.1, -0.05) is 41.9 Å². The first-order chi connectivity index (χ1) is 11.2. The molecule has 1 heterocycles. The minimum absolute atomic E-state index is 0.00196. The van der Waals surface area contributed by atoms with Crippen LogP contribution in [0, 0.1) is 0 Å². The van der Waals surface area contributed by atoms with Crippen LogP contribution in [0.25, 0.3) is 10.9 Å². The van der Waals surface area contributed by atoms with Crippen LogP contribution in [-0.2, 0) is 11.3 Å². The molecule has 3 nitrogen and oxygen atoms in total. The molecule has 116 valence electrons. The Bertz CT molecular complexity index is 815. The highest BCUT2D eigenvalue weighted by molar-refractivity contribution is 8.00. The van der Waals surface area contributed by atoms with E-state index in [1.54, 1.807) is 6.20 Å². The molecule has 1 amide bonds. The van der Waals surface area contributed by atoms with Crippen LogP contribution in [0.2, 0.25) is 5.02 Å². The average molecular weight is 343 g/mol. The van der Waals surface area contributed by atoms with Crippen molar-refractivity contribution in [1.82, 2.24) is 10.3 Å². The lowest BCUT2D eigenvalue weighted by Gasteiger charge is -2.07. The van der Waals surface area contributed by atoms with Gasteiger partial charge in [-0.05, 0) is 29.8 Å². The van der Waals surface area contributed by atoms with E-state index in [1.165, 1.54) is 11.8 Å². The smallest absolute Gasteiger partial charge is 0.230 e. The number of nitrogens with zero attached hydrogens (tertiary/aromatic N) is 1. The number of carbonyl (C=O) groups excluding carboxylic acids is 1. The molecule has 3 rings (SSSR count). The van der Waals surface area contributed by atoms with Gasteiger partial charge in [-0.2, -0.15) is 0 Å². The molecule has 23 heavy (non-hydrogen) atoms. The zero-order valence-corrected chi connectivity index (χ0v) is 13.9. The van der Waals surface area contributed by atoms with E-state index in [1.807, 2.05) is 54.6 Å². The summed E-state index contributed by atoms with van der Waals surface area (Å²) in [5, 5.41) is 4.69. The van der Waals surface area contributed by atoms with Crippen molar-refractivity contribution in [3.63, 3.8) is 0 Å². The van der Waals surface area contributed by atoms with Gasteiger partial charge in [0, 0.05) is 28.0 Å². The summed E-state index contributed by atoms with van der Waals surface area (Å²) in [7, 11) is 0. The van der Waals surface area contributed by atoms with Crippen molar-refractivity contribution in [1.29, 1.82) is 0 Å². The van der Waals surface area contributed by atoms with Gasteiger partial charge in [-0.25, -0.2) is 0 Å². The monoisotopic (exact) mass is 342 g/mol. The predicted octanol–water partition coefficient (Wildman–Crippen LogP) is 4.30. The number of halogens is 1. The van der Waals surface area contributed by atoms with Crippen LogP contribution in [-0.4, -0.2) is 16.6 Å². The SMILES string of the molecule is O=C(CSc1cccc2cccnc12)NCc1ccc(Cl)cc1. The van der Waals surface area contributed by atoms with Gasteiger partial charge in [-0.3, -0.25) is 9.78 Å². The highest BCUT2D eigenvalue weighted by atomic mass is 35.5. The maximum absolute atomic E-state index is 12.0. The lowest BCUT2D eigenvalue weighted by Crippen LogP contribution is -2.24. The van der Waals surface area contributed by atoms with E-state index >= 15 is 0 Å². The van der Waals surface area contributed by atoms with Gasteiger partial charge in [0.25, 0.3) is 0 Å². The largest absolute Gasteiger partial charge is 0.351 e. The van der Waals surface area contributed by atoms with Crippen LogP contribution in [0.1, 0.15) is 5.56 Å². The molecule has 5 heteroatoms. The number of para-hydroxylation sites is 1. The third-order valence-electron chi connectivity index (χ3n) is 3.36. The molecule has 1 N–H and O–H groups in total. The maximum atomic E-state index is 12.0. The van der Waals surface area contributed by atoms with E-state index in [-0.39, 0.29) is 5.91 Å². The fourth-order valence-electron chi connectivity index (χ4n) is 2.19. The van der Waals surface area contributed by atoms with E-state index in [2.05, 4.69) is 10.3 Å². The number of hydrogen-bond donors (Lipinski definition) is 1. The van der Waals surface area contributed by atoms with E-state index in [0.717, 1.165) is 21.4 Å². The molecule has 2 aromatic carbocycles. The first-order valence-electron chi connectivity index (χ1n) is 7.20. The minimum Gasteiger partial charge on any atom is -0.351 e. The molecule has 0 radical (unpaired) electrons. The summed E-state index contributed by atoms with van der Waals surface area (Å²) >= 11 is 7.34. The van der Waals surface area contributed by atoms with Crippen LogP contribution in [0.5, 0.6) is 0 Å². The molecule has 0 aliphatic carbocycles. The van der Waals surface area contributed by atoms with Gasteiger partial charge in [0.15, 0.2) is 0 Å². The number of hydrogen-bond acceptors (Lipinski definition) is 3. The standard InChI is InChI=1S/C18H15ClN2OS/c19-15-8-6-13(7-9-15)11-21-17(22)12-23-16-5-1-3-14-4-2-10-20-18(14)16/h1-10H,11-12H2,(H,21,22). The Morgan fingerprint density at radius 1 is 1.09 bits per heavy atom. The molecular weight excluding hydrogens is 328 g/mol. The van der Waals surface area contributed by atoms with Crippen molar-refractivity contribution in [2.45, 2.75) is 11.4 Å². The molecular formula is C18H15ClN2OS. The number of aromatic nitrogens is 1. The summed E-state index contributed by atoms with van der Waals surface area (Å²) in [6.07, 6.45) is 1.77. The zero-order chi connectivity index (χ0) is 16.1. The van der Waals surface area contributed by atoms with Crippen LogP contribution in [0.15, 0.2) is 65.7 Å². The van der Waals surface area contributed by atoms with Crippen LogP contribution in [0.4, 0.5) is 0 Å². The van der Waals surface area contributed by atoms with E-state index in [4.69, 9.17) is 11.6 Å². The Hall–Kier alpha value is -2.04. The number of amides is 1. The Morgan fingerprint density at radius 3 is 2.70 bits per heavy atom. The third kappa shape index (κ3) is 4.24. The molecule has 1 aromatic heterocycles. The molecule has 0 fully saturated rings. The summed E-state index contributed by atoms with van der Waals surface area (Å²) in [5.41, 5.74) is 1.96. The summed E-state index contributed by atoms with van der Waals surface area (Å²) < 4.78 is 0. The average Bonchev–Trinajstić information content (AvgIpc) is 2.59. The molecule has 0 saturated heterocycles. The van der Waals surface area contributed by atoms with Gasteiger partial charge in [0.2, 0.25) is 5.91 Å². The van der Waals surface area contributed by atoms with Crippen LogP contribution in [0.3, 0.4) is 0 Å². The summed E-state index contributed by atoms with van der Waals surface area (Å²) in [5.74, 6) is 0.362. The number of fused-ring (bicyclic) bond motifs is 1. The predicted molar refractivity (Wildman–Crippen MR) is 95.8 cm³/mol. The van der Waals surface area contributed by atoms with Crippen molar-refractivity contribution in [3.05, 3.63) is 71.4 Å². The van der Waals surface area contributed by atoms with Gasteiger partial charge in [-0.15, -0.1) is 11.8 Å². The number of pyridine rings is 1. The molecule has 3 aromatic rings. The topological polar surface area (TPSA) is 42.0 Å². The number of thioether (sulfide) groups is 1. The van der Waals surface area contributed by atoms with Crippen LogP contribution < -0.4 is 5.32 Å². The zero-order valence-electron chi connectivity index (χ0n) is 12.3. The van der Waals surface area contributed by atoms with Crippen molar-refractivity contribution in [2.75, 3.05) is 5.75 Å². The third-order valence-corrected chi connectivity index (χ3v) is 4.66. The maximum Gasteiger partial charge on any atom is 0.230 e. The number of nitrogens with one attached hydrogen (secondary N) is 1. The van der Waals surface area contributed by atoms with E-state index in [9.17, 15) is 4.79 Å². The van der Waals surface area contributed by atoms with Gasteiger partial charge in [0.05, 0.1) is 11.3 Å².